The van der Waals surface area contributed by atoms with Gasteiger partial charge in [-0.05, 0) is 25.1 Å². The molecule has 2 rings (SSSR count). The van der Waals surface area contributed by atoms with E-state index in [0.29, 0.717) is 28.9 Å². The standard InChI is InChI=1S/C14H19Cl2NO3/c1-20-14-10(4-11(15)5-12(14)16)6-17-3-2-9(8-18)13(19)7-17/h4-5,9,13,18-19H,2-3,6-8H2,1H3/t9-,13+/m1/s1. The van der Waals surface area contributed by atoms with Crippen LogP contribution in [0, 0.1) is 5.92 Å². The van der Waals surface area contributed by atoms with E-state index in [0.717, 1.165) is 18.5 Å². The van der Waals surface area contributed by atoms with Crippen molar-refractivity contribution in [1.29, 1.82) is 0 Å². The fourth-order valence-electron chi connectivity index (χ4n) is 2.60. The zero-order valence-electron chi connectivity index (χ0n) is 11.4. The van der Waals surface area contributed by atoms with Gasteiger partial charge in [0.25, 0.3) is 0 Å². The summed E-state index contributed by atoms with van der Waals surface area (Å²) < 4.78 is 5.32. The van der Waals surface area contributed by atoms with Gasteiger partial charge >= 0.3 is 0 Å². The van der Waals surface area contributed by atoms with Gasteiger partial charge in [-0.2, -0.15) is 0 Å². The molecule has 0 radical (unpaired) electrons. The molecule has 0 spiro atoms. The third-order valence-electron chi connectivity index (χ3n) is 3.72. The molecule has 1 saturated heterocycles. The fraction of sp³-hybridized carbons (Fsp3) is 0.571. The highest BCUT2D eigenvalue weighted by Crippen LogP contribution is 2.33. The van der Waals surface area contributed by atoms with Crippen molar-refractivity contribution in [1.82, 2.24) is 4.90 Å². The number of ether oxygens (including phenoxy) is 1. The molecule has 1 aliphatic heterocycles. The van der Waals surface area contributed by atoms with Crippen molar-refractivity contribution in [2.75, 3.05) is 26.8 Å². The van der Waals surface area contributed by atoms with Crippen LogP contribution in [0.3, 0.4) is 0 Å². The number of methoxy groups -OCH3 is 1. The largest absolute Gasteiger partial charge is 0.495 e. The maximum atomic E-state index is 9.97. The van der Waals surface area contributed by atoms with Crippen molar-refractivity contribution in [2.24, 2.45) is 5.92 Å². The first kappa shape index (κ1) is 15.9. The molecular formula is C14H19Cl2NO3. The smallest absolute Gasteiger partial charge is 0.142 e. The summed E-state index contributed by atoms with van der Waals surface area (Å²) in [7, 11) is 1.57. The van der Waals surface area contributed by atoms with Crippen molar-refractivity contribution in [3.05, 3.63) is 27.7 Å². The van der Waals surface area contributed by atoms with E-state index in [-0.39, 0.29) is 12.5 Å². The Bertz CT molecular complexity index is 470. The molecule has 6 heteroatoms. The highest BCUT2D eigenvalue weighted by molar-refractivity contribution is 6.35. The fourth-order valence-corrected chi connectivity index (χ4v) is 3.22. The van der Waals surface area contributed by atoms with Crippen LogP contribution >= 0.6 is 23.2 Å². The summed E-state index contributed by atoms with van der Waals surface area (Å²) in [5.74, 6) is 0.589. The average Bonchev–Trinajstić information content (AvgIpc) is 2.38. The number of likely N-dealkylation sites (tertiary alicyclic amines) is 1. The first-order chi connectivity index (χ1) is 9.55. The lowest BCUT2D eigenvalue weighted by Crippen LogP contribution is -2.44. The number of benzene rings is 1. The maximum Gasteiger partial charge on any atom is 0.142 e. The maximum absolute atomic E-state index is 9.97. The monoisotopic (exact) mass is 319 g/mol. The Balaban J connectivity index is 2.11. The van der Waals surface area contributed by atoms with E-state index < -0.39 is 6.10 Å². The molecule has 0 saturated carbocycles. The minimum atomic E-state index is -0.505. The molecule has 2 N–H and O–H groups in total. The van der Waals surface area contributed by atoms with Crippen LogP contribution in [0.2, 0.25) is 10.0 Å². The van der Waals surface area contributed by atoms with Crippen LogP contribution in [-0.4, -0.2) is 48.0 Å². The number of nitrogens with zero attached hydrogens (tertiary/aromatic N) is 1. The van der Waals surface area contributed by atoms with Gasteiger partial charge in [-0.3, -0.25) is 4.90 Å². The molecule has 112 valence electrons. The van der Waals surface area contributed by atoms with Crippen molar-refractivity contribution in [3.8, 4) is 5.75 Å². The predicted molar refractivity (Wildman–Crippen MR) is 79.5 cm³/mol. The van der Waals surface area contributed by atoms with Gasteiger partial charge in [0.2, 0.25) is 0 Å². The molecule has 1 aromatic carbocycles. The molecule has 1 heterocycles. The Hall–Kier alpha value is -0.520. The van der Waals surface area contributed by atoms with E-state index in [9.17, 15) is 5.11 Å². The van der Waals surface area contributed by atoms with Gasteiger partial charge in [-0.25, -0.2) is 0 Å². The Morgan fingerprint density at radius 2 is 2.15 bits per heavy atom. The molecule has 0 unspecified atom stereocenters. The third kappa shape index (κ3) is 3.57. The van der Waals surface area contributed by atoms with Crippen LogP contribution in [0.1, 0.15) is 12.0 Å². The summed E-state index contributed by atoms with van der Waals surface area (Å²) in [5.41, 5.74) is 0.902. The quantitative estimate of drug-likeness (QED) is 0.893. The van der Waals surface area contributed by atoms with Crippen molar-refractivity contribution >= 4 is 23.2 Å². The molecule has 1 aliphatic rings. The molecule has 0 aromatic heterocycles. The summed E-state index contributed by atoms with van der Waals surface area (Å²) in [6.45, 7) is 1.98. The number of hydrogen-bond acceptors (Lipinski definition) is 4. The summed E-state index contributed by atoms with van der Waals surface area (Å²) in [5, 5.41) is 20.2. The molecule has 0 amide bonds. The van der Waals surface area contributed by atoms with Gasteiger partial charge in [0, 0.05) is 36.2 Å². The van der Waals surface area contributed by atoms with E-state index in [1.165, 1.54) is 0 Å². The molecule has 1 fully saturated rings. The van der Waals surface area contributed by atoms with E-state index in [1.54, 1.807) is 13.2 Å². The minimum absolute atomic E-state index is 0.0291. The average molecular weight is 320 g/mol. The highest BCUT2D eigenvalue weighted by Gasteiger charge is 2.27. The highest BCUT2D eigenvalue weighted by atomic mass is 35.5. The Labute approximate surface area is 128 Å². The number of aliphatic hydroxyl groups is 2. The first-order valence-electron chi connectivity index (χ1n) is 6.58. The lowest BCUT2D eigenvalue weighted by atomic mass is 9.94. The molecular weight excluding hydrogens is 301 g/mol. The first-order valence-corrected chi connectivity index (χ1v) is 7.34. The molecule has 0 bridgehead atoms. The minimum Gasteiger partial charge on any atom is -0.495 e. The molecule has 1 aromatic rings. The third-order valence-corrected chi connectivity index (χ3v) is 4.22. The second-order valence-corrected chi connectivity index (χ2v) is 5.96. The second-order valence-electron chi connectivity index (χ2n) is 5.11. The number of piperidine rings is 1. The van der Waals surface area contributed by atoms with Crippen LogP contribution in [0.5, 0.6) is 5.75 Å². The summed E-state index contributed by atoms with van der Waals surface area (Å²) in [4.78, 5) is 2.11. The Morgan fingerprint density at radius 3 is 2.75 bits per heavy atom. The van der Waals surface area contributed by atoms with Crippen molar-refractivity contribution in [3.63, 3.8) is 0 Å². The number of aliphatic hydroxyl groups excluding tert-OH is 2. The van der Waals surface area contributed by atoms with Crippen LogP contribution in [0.4, 0.5) is 0 Å². The van der Waals surface area contributed by atoms with E-state index in [2.05, 4.69) is 4.90 Å². The zero-order valence-corrected chi connectivity index (χ0v) is 12.9. The Kier molecular flexibility index (Phi) is 5.52. The number of rotatable bonds is 4. The molecule has 20 heavy (non-hydrogen) atoms. The summed E-state index contributed by atoms with van der Waals surface area (Å²) in [6, 6.07) is 3.48. The lowest BCUT2D eigenvalue weighted by molar-refractivity contribution is -0.00462. The van der Waals surface area contributed by atoms with Gasteiger partial charge in [0.15, 0.2) is 0 Å². The van der Waals surface area contributed by atoms with E-state index >= 15 is 0 Å². The predicted octanol–water partition coefficient (Wildman–Crippen LogP) is 2.18. The van der Waals surface area contributed by atoms with Crippen molar-refractivity contribution in [2.45, 2.75) is 19.1 Å². The second kappa shape index (κ2) is 6.96. The van der Waals surface area contributed by atoms with Crippen molar-refractivity contribution < 1.29 is 14.9 Å². The van der Waals surface area contributed by atoms with Crippen LogP contribution in [0.15, 0.2) is 12.1 Å². The topological polar surface area (TPSA) is 52.9 Å². The zero-order chi connectivity index (χ0) is 14.7. The van der Waals surface area contributed by atoms with Crippen LogP contribution in [0.25, 0.3) is 0 Å². The number of halogens is 2. The van der Waals surface area contributed by atoms with E-state index in [4.69, 9.17) is 33.0 Å². The normalized spacial score (nSPS) is 23.9. The summed E-state index contributed by atoms with van der Waals surface area (Å²) in [6.07, 6.45) is 0.267. The van der Waals surface area contributed by atoms with Crippen LogP contribution in [-0.2, 0) is 6.54 Å². The van der Waals surface area contributed by atoms with Gasteiger partial charge in [-0.15, -0.1) is 0 Å². The van der Waals surface area contributed by atoms with Gasteiger partial charge in [-0.1, -0.05) is 23.2 Å². The lowest BCUT2D eigenvalue weighted by Gasteiger charge is -2.35. The Morgan fingerprint density at radius 1 is 1.40 bits per heavy atom. The number of β-amino-alcohol motifs (C(OH)–C–C–N with tert-alkyl or cyclic N) is 1. The molecule has 2 atom stereocenters. The van der Waals surface area contributed by atoms with E-state index in [1.807, 2.05) is 6.07 Å². The summed E-state index contributed by atoms with van der Waals surface area (Å²) >= 11 is 12.1. The molecule has 0 aliphatic carbocycles. The number of hydrogen-bond donors (Lipinski definition) is 2. The van der Waals surface area contributed by atoms with Gasteiger partial charge in [0.1, 0.15) is 5.75 Å². The SMILES string of the molecule is COc1c(Cl)cc(Cl)cc1CN1CC[C@H](CO)[C@@H](O)C1. The van der Waals surface area contributed by atoms with Gasteiger partial charge in [0.05, 0.1) is 18.2 Å². The molecule has 4 nitrogen and oxygen atoms in total. The van der Waals surface area contributed by atoms with Crippen LogP contribution < -0.4 is 4.74 Å². The van der Waals surface area contributed by atoms with Gasteiger partial charge < -0.3 is 14.9 Å².